The van der Waals surface area contributed by atoms with E-state index in [1.54, 1.807) is 43.5 Å². The Hall–Kier alpha value is -2.90. The average molecular weight is 425 g/mol. The third kappa shape index (κ3) is 4.17. The molecule has 1 aliphatic rings. The Morgan fingerprint density at radius 3 is 2.30 bits per heavy atom. The van der Waals surface area contributed by atoms with Gasteiger partial charge in [-0.25, -0.2) is 8.42 Å². The molecule has 6 nitrogen and oxygen atoms in total. The van der Waals surface area contributed by atoms with Crippen LogP contribution in [0.3, 0.4) is 0 Å². The minimum atomic E-state index is -3.58. The standard InChI is InChI=1S/C23H24N2O4S/c1-29-21-9-7-20(8-10-21)24-23(26)18-12-14-25(15-13-18)30(27,28)22-11-6-17-4-2-3-5-19(17)16-22/h2-11,16,18H,12-15H2,1H3,(H,24,26). The van der Waals surface area contributed by atoms with Crippen LogP contribution in [-0.4, -0.2) is 38.8 Å². The van der Waals surface area contributed by atoms with Gasteiger partial charge in [-0.2, -0.15) is 4.31 Å². The summed E-state index contributed by atoms with van der Waals surface area (Å²) in [5, 5.41) is 4.81. The van der Waals surface area contributed by atoms with Crippen molar-refractivity contribution >= 4 is 32.4 Å². The highest BCUT2D eigenvalue weighted by molar-refractivity contribution is 7.89. The van der Waals surface area contributed by atoms with E-state index in [0.717, 1.165) is 16.5 Å². The minimum absolute atomic E-state index is 0.0806. The predicted molar refractivity (Wildman–Crippen MR) is 117 cm³/mol. The molecule has 30 heavy (non-hydrogen) atoms. The number of fused-ring (bicyclic) bond motifs is 1. The molecule has 0 aliphatic carbocycles. The van der Waals surface area contributed by atoms with Gasteiger partial charge in [0.05, 0.1) is 12.0 Å². The highest BCUT2D eigenvalue weighted by atomic mass is 32.2. The highest BCUT2D eigenvalue weighted by Gasteiger charge is 2.32. The third-order valence-electron chi connectivity index (χ3n) is 5.54. The van der Waals surface area contributed by atoms with Crippen molar-refractivity contribution in [2.75, 3.05) is 25.5 Å². The molecular weight excluding hydrogens is 400 g/mol. The van der Waals surface area contributed by atoms with E-state index >= 15 is 0 Å². The number of methoxy groups -OCH3 is 1. The lowest BCUT2D eigenvalue weighted by atomic mass is 9.97. The van der Waals surface area contributed by atoms with Crippen molar-refractivity contribution in [3.63, 3.8) is 0 Å². The van der Waals surface area contributed by atoms with Crippen molar-refractivity contribution in [2.24, 2.45) is 5.92 Å². The van der Waals surface area contributed by atoms with Crippen molar-refractivity contribution in [2.45, 2.75) is 17.7 Å². The van der Waals surface area contributed by atoms with Gasteiger partial charge in [0.15, 0.2) is 0 Å². The van der Waals surface area contributed by atoms with Crippen LogP contribution < -0.4 is 10.1 Å². The lowest BCUT2D eigenvalue weighted by molar-refractivity contribution is -0.120. The molecule has 3 aromatic carbocycles. The Bertz CT molecular complexity index is 1150. The van der Waals surface area contributed by atoms with Crippen molar-refractivity contribution < 1.29 is 17.9 Å². The van der Waals surface area contributed by atoms with E-state index in [-0.39, 0.29) is 11.8 Å². The van der Waals surface area contributed by atoms with Crippen LogP contribution in [0.1, 0.15) is 12.8 Å². The van der Waals surface area contributed by atoms with Crippen LogP contribution in [0.2, 0.25) is 0 Å². The number of hydrogen-bond donors (Lipinski definition) is 1. The first-order valence-corrected chi connectivity index (χ1v) is 11.4. The quantitative estimate of drug-likeness (QED) is 0.674. The second-order valence-corrected chi connectivity index (χ2v) is 9.34. The van der Waals surface area contributed by atoms with Crippen molar-refractivity contribution in [3.05, 3.63) is 66.7 Å². The molecule has 1 heterocycles. The number of ether oxygens (including phenoxy) is 1. The molecule has 7 heteroatoms. The number of carbonyl (C=O) groups is 1. The van der Waals surface area contributed by atoms with Gasteiger partial charge < -0.3 is 10.1 Å². The zero-order valence-corrected chi connectivity index (χ0v) is 17.6. The van der Waals surface area contributed by atoms with E-state index in [0.29, 0.717) is 36.5 Å². The lowest BCUT2D eigenvalue weighted by Crippen LogP contribution is -2.41. The SMILES string of the molecule is COc1ccc(NC(=O)C2CCN(S(=O)(=O)c3ccc4ccccc4c3)CC2)cc1. The van der Waals surface area contributed by atoms with Gasteiger partial charge in [0.2, 0.25) is 15.9 Å². The smallest absolute Gasteiger partial charge is 0.243 e. The molecule has 0 atom stereocenters. The number of carbonyl (C=O) groups excluding carboxylic acids is 1. The van der Waals surface area contributed by atoms with Gasteiger partial charge in [-0.3, -0.25) is 4.79 Å². The highest BCUT2D eigenvalue weighted by Crippen LogP contribution is 2.27. The number of benzene rings is 3. The third-order valence-corrected chi connectivity index (χ3v) is 7.44. The summed E-state index contributed by atoms with van der Waals surface area (Å²) in [6.45, 7) is 0.658. The maximum atomic E-state index is 13.1. The Morgan fingerprint density at radius 2 is 1.63 bits per heavy atom. The summed E-state index contributed by atoms with van der Waals surface area (Å²) in [4.78, 5) is 12.9. The van der Waals surface area contributed by atoms with Crippen LogP contribution in [0, 0.1) is 5.92 Å². The number of sulfonamides is 1. The molecule has 1 N–H and O–H groups in total. The van der Waals surface area contributed by atoms with Crippen molar-refractivity contribution in [1.29, 1.82) is 0 Å². The number of hydrogen-bond acceptors (Lipinski definition) is 4. The molecule has 0 aromatic heterocycles. The molecule has 0 bridgehead atoms. The summed E-state index contributed by atoms with van der Waals surface area (Å²) < 4.78 is 32.7. The first-order chi connectivity index (χ1) is 14.5. The van der Waals surface area contributed by atoms with Crippen LogP contribution in [0.15, 0.2) is 71.6 Å². The molecule has 1 fully saturated rings. The Kier molecular flexibility index (Phi) is 5.74. The fourth-order valence-corrected chi connectivity index (χ4v) is 5.26. The summed E-state index contributed by atoms with van der Waals surface area (Å²) >= 11 is 0. The molecule has 0 unspecified atom stereocenters. The van der Waals surface area contributed by atoms with E-state index in [2.05, 4.69) is 5.32 Å². The topological polar surface area (TPSA) is 75.7 Å². The Labute approximate surface area is 176 Å². The van der Waals surface area contributed by atoms with Gasteiger partial charge in [0.25, 0.3) is 0 Å². The maximum absolute atomic E-state index is 13.1. The largest absolute Gasteiger partial charge is 0.497 e. The van der Waals surface area contributed by atoms with E-state index in [9.17, 15) is 13.2 Å². The first kappa shape index (κ1) is 20.4. The fraction of sp³-hybridized carbons (Fsp3) is 0.261. The van der Waals surface area contributed by atoms with Crippen LogP contribution in [0.4, 0.5) is 5.69 Å². The molecule has 1 saturated heterocycles. The second kappa shape index (κ2) is 8.45. The van der Waals surface area contributed by atoms with Crippen LogP contribution in [-0.2, 0) is 14.8 Å². The molecule has 156 valence electrons. The van der Waals surface area contributed by atoms with Crippen LogP contribution >= 0.6 is 0 Å². The molecule has 4 rings (SSSR count). The van der Waals surface area contributed by atoms with Crippen molar-refractivity contribution in [3.8, 4) is 5.75 Å². The molecule has 0 spiro atoms. The summed E-state index contributed by atoms with van der Waals surface area (Å²) in [7, 11) is -1.99. The summed E-state index contributed by atoms with van der Waals surface area (Å²) in [5.41, 5.74) is 0.701. The second-order valence-electron chi connectivity index (χ2n) is 7.41. The minimum Gasteiger partial charge on any atom is -0.497 e. The van der Waals surface area contributed by atoms with E-state index in [1.165, 1.54) is 4.31 Å². The average Bonchev–Trinajstić information content (AvgIpc) is 2.79. The molecule has 0 radical (unpaired) electrons. The number of anilines is 1. The number of rotatable bonds is 5. The number of piperidine rings is 1. The Balaban J connectivity index is 1.40. The van der Waals surface area contributed by atoms with E-state index < -0.39 is 10.0 Å². The zero-order valence-electron chi connectivity index (χ0n) is 16.7. The first-order valence-electron chi connectivity index (χ1n) is 9.91. The molecule has 3 aromatic rings. The van der Waals surface area contributed by atoms with Gasteiger partial charge >= 0.3 is 0 Å². The Morgan fingerprint density at radius 1 is 0.967 bits per heavy atom. The van der Waals surface area contributed by atoms with Gasteiger partial charge in [-0.1, -0.05) is 30.3 Å². The number of nitrogens with zero attached hydrogens (tertiary/aromatic N) is 1. The molecule has 1 aliphatic heterocycles. The predicted octanol–water partition coefficient (Wildman–Crippen LogP) is 3.89. The summed E-state index contributed by atoms with van der Waals surface area (Å²) in [5.74, 6) is 0.429. The van der Waals surface area contributed by atoms with Crippen molar-refractivity contribution in [1.82, 2.24) is 4.31 Å². The number of nitrogens with one attached hydrogen (secondary N) is 1. The van der Waals surface area contributed by atoms with Gasteiger partial charge in [0.1, 0.15) is 5.75 Å². The van der Waals surface area contributed by atoms with E-state index in [1.807, 2.05) is 30.3 Å². The maximum Gasteiger partial charge on any atom is 0.243 e. The number of amides is 1. The van der Waals surface area contributed by atoms with Gasteiger partial charge in [-0.05, 0) is 60.0 Å². The molecular formula is C23H24N2O4S. The zero-order chi connectivity index (χ0) is 21.1. The van der Waals surface area contributed by atoms with E-state index in [4.69, 9.17) is 4.74 Å². The summed E-state index contributed by atoms with van der Waals surface area (Å²) in [6.07, 6.45) is 0.990. The molecule has 1 amide bonds. The normalized spacial score (nSPS) is 15.8. The fourth-order valence-electron chi connectivity index (χ4n) is 3.75. The summed E-state index contributed by atoms with van der Waals surface area (Å²) in [6, 6.07) is 20.0. The van der Waals surface area contributed by atoms with Crippen LogP contribution in [0.5, 0.6) is 5.75 Å². The van der Waals surface area contributed by atoms with Gasteiger partial charge in [-0.15, -0.1) is 0 Å². The monoisotopic (exact) mass is 424 g/mol. The van der Waals surface area contributed by atoms with Crippen LogP contribution in [0.25, 0.3) is 10.8 Å². The lowest BCUT2D eigenvalue weighted by Gasteiger charge is -2.30. The van der Waals surface area contributed by atoms with Gasteiger partial charge in [0, 0.05) is 24.7 Å². The molecule has 0 saturated carbocycles.